The predicted octanol–water partition coefficient (Wildman–Crippen LogP) is 3.33. The van der Waals surface area contributed by atoms with Gasteiger partial charge in [-0.25, -0.2) is 4.68 Å². The molecule has 0 unspecified atom stereocenters. The fourth-order valence-corrected chi connectivity index (χ4v) is 2.01. The molecule has 1 heterocycles. The molecule has 1 aromatic heterocycles. The van der Waals surface area contributed by atoms with Gasteiger partial charge in [-0.2, -0.15) is 5.10 Å². The molecule has 0 radical (unpaired) electrons. The minimum atomic E-state index is 0.734. The van der Waals surface area contributed by atoms with Crippen LogP contribution < -0.4 is 5.32 Å². The Morgan fingerprint density at radius 2 is 2.22 bits per heavy atom. The van der Waals surface area contributed by atoms with Gasteiger partial charge in [-0.15, -0.1) is 0 Å². The molecule has 2 aromatic rings. The summed E-state index contributed by atoms with van der Waals surface area (Å²) in [5.74, 6) is 0. The minimum absolute atomic E-state index is 0.734. The van der Waals surface area contributed by atoms with Crippen molar-refractivity contribution in [2.24, 2.45) is 0 Å². The molecular weight excluding hydrogens is 246 g/mol. The molecule has 0 aliphatic rings. The summed E-state index contributed by atoms with van der Waals surface area (Å²) < 4.78 is 1.88. The van der Waals surface area contributed by atoms with E-state index in [1.807, 2.05) is 36.1 Å². The molecule has 96 valence electrons. The second-order valence-corrected chi connectivity index (χ2v) is 4.85. The van der Waals surface area contributed by atoms with Crippen molar-refractivity contribution in [3.05, 3.63) is 46.7 Å². The Hall–Kier alpha value is -1.32. The smallest absolute Gasteiger partial charge is 0.0705 e. The summed E-state index contributed by atoms with van der Waals surface area (Å²) >= 11 is 6.07. The van der Waals surface area contributed by atoms with E-state index in [2.05, 4.69) is 23.4 Å². The third-order valence-corrected chi connectivity index (χ3v) is 2.98. The van der Waals surface area contributed by atoms with E-state index in [9.17, 15) is 0 Å². The van der Waals surface area contributed by atoms with E-state index in [1.54, 1.807) is 0 Å². The van der Waals surface area contributed by atoms with Crippen molar-refractivity contribution in [1.29, 1.82) is 0 Å². The SMILES string of the molecule is CCCNCc1ccc(Cl)cc1-n1cc(C)cn1. The van der Waals surface area contributed by atoms with E-state index in [4.69, 9.17) is 11.6 Å². The largest absolute Gasteiger partial charge is 0.313 e. The highest BCUT2D eigenvalue weighted by atomic mass is 35.5. The quantitative estimate of drug-likeness (QED) is 0.839. The molecule has 4 heteroatoms. The first-order chi connectivity index (χ1) is 8.70. The summed E-state index contributed by atoms with van der Waals surface area (Å²) in [6.45, 7) is 6.04. The molecule has 0 saturated carbocycles. The van der Waals surface area contributed by atoms with Crippen LogP contribution in [0.5, 0.6) is 0 Å². The van der Waals surface area contributed by atoms with Gasteiger partial charge < -0.3 is 5.32 Å². The van der Waals surface area contributed by atoms with Gasteiger partial charge in [0.05, 0.1) is 11.9 Å². The zero-order valence-corrected chi connectivity index (χ0v) is 11.5. The summed E-state index contributed by atoms with van der Waals surface area (Å²) in [6, 6.07) is 5.93. The Morgan fingerprint density at radius 1 is 1.39 bits per heavy atom. The average molecular weight is 264 g/mol. The van der Waals surface area contributed by atoms with Crippen LogP contribution in [0.4, 0.5) is 0 Å². The third kappa shape index (κ3) is 3.12. The van der Waals surface area contributed by atoms with Crippen molar-refractivity contribution in [3.8, 4) is 5.69 Å². The maximum absolute atomic E-state index is 6.07. The molecule has 0 saturated heterocycles. The number of hydrogen-bond acceptors (Lipinski definition) is 2. The normalized spacial score (nSPS) is 10.8. The van der Waals surface area contributed by atoms with Crippen LogP contribution in [0.25, 0.3) is 5.69 Å². The second-order valence-electron chi connectivity index (χ2n) is 4.41. The second kappa shape index (κ2) is 6.03. The van der Waals surface area contributed by atoms with Crippen LogP contribution >= 0.6 is 11.6 Å². The standard InChI is InChI=1S/C14H18ClN3/c1-3-6-16-9-12-4-5-13(15)7-14(12)18-10-11(2)8-17-18/h4-5,7-8,10,16H,3,6,9H2,1-2H3. The minimum Gasteiger partial charge on any atom is -0.313 e. The van der Waals surface area contributed by atoms with E-state index in [-0.39, 0.29) is 0 Å². The lowest BCUT2D eigenvalue weighted by Gasteiger charge is -2.11. The van der Waals surface area contributed by atoms with Crippen LogP contribution in [0.2, 0.25) is 5.02 Å². The van der Waals surface area contributed by atoms with Gasteiger partial charge in [-0.05, 0) is 43.1 Å². The highest BCUT2D eigenvalue weighted by Gasteiger charge is 2.06. The molecule has 1 aromatic carbocycles. The van der Waals surface area contributed by atoms with Crippen LogP contribution in [-0.2, 0) is 6.54 Å². The molecule has 18 heavy (non-hydrogen) atoms. The van der Waals surface area contributed by atoms with Gasteiger partial charge in [0.1, 0.15) is 0 Å². The van der Waals surface area contributed by atoms with Crippen molar-refractivity contribution in [2.75, 3.05) is 6.54 Å². The van der Waals surface area contributed by atoms with E-state index in [0.717, 1.165) is 35.8 Å². The first-order valence-corrected chi connectivity index (χ1v) is 6.59. The van der Waals surface area contributed by atoms with E-state index in [0.29, 0.717) is 0 Å². The maximum atomic E-state index is 6.07. The molecular formula is C14H18ClN3. The summed E-state index contributed by atoms with van der Waals surface area (Å²) in [5, 5.41) is 8.48. The van der Waals surface area contributed by atoms with Crippen molar-refractivity contribution in [3.63, 3.8) is 0 Å². The topological polar surface area (TPSA) is 29.9 Å². The van der Waals surface area contributed by atoms with Gasteiger partial charge in [-0.1, -0.05) is 24.6 Å². The summed E-state index contributed by atoms with van der Waals surface area (Å²) in [4.78, 5) is 0. The number of aryl methyl sites for hydroxylation is 1. The molecule has 0 aliphatic carbocycles. The monoisotopic (exact) mass is 263 g/mol. The molecule has 3 nitrogen and oxygen atoms in total. The lowest BCUT2D eigenvalue weighted by molar-refractivity contribution is 0.670. The first kappa shape index (κ1) is 13.1. The highest BCUT2D eigenvalue weighted by Crippen LogP contribution is 2.20. The Kier molecular flexibility index (Phi) is 4.39. The third-order valence-electron chi connectivity index (χ3n) is 2.75. The number of halogens is 1. The number of benzene rings is 1. The molecule has 2 rings (SSSR count). The van der Waals surface area contributed by atoms with E-state index in [1.165, 1.54) is 5.56 Å². The Labute approximate surface area is 113 Å². The summed E-state index contributed by atoms with van der Waals surface area (Å²) in [5.41, 5.74) is 3.39. The van der Waals surface area contributed by atoms with Crippen LogP contribution in [-0.4, -0.2) is 16.3 Å². The van der Waals surface area contributed by atoms with Gasteiger partial charge in [0, 0.05) is 17.8 Å². The van der Waals surface area contributed by atoms with E-state index >= 15 is 0 Å². The first-order valence-electron chi connectivity index (χ1n) is 6.21. The summed E-state index contributed by atoms with van der Waals surface area (Å²) in [6.07, 6.45) is 4.99. The van der Waals surface area contributed by atoms with Gasteiger partial charge in [0.15, 0.2) is 0 Å². The van der Waals surface area contributed by atoms with Crippen LogP contribution in [0.15, 0.2) is 30.6 Å². The molecule has 0 spiro atoms. The molecule has 0 atom stereocenters. The van der Waals surface area contributed by atoms with Crippen molar-refractivity contribution < 1.29 is 0 Å². The van der Waals surface area contributed by atoms with Crippen LogP contribution in [0.1, 0.15) is 24.5 Å². The lowest BCUT2D eigenvalue weighted by Crippen LogP contribution is -2.15. The van der Waals surface area contributed by atoms with Gasteiger partial charge in [-0.3, -0.25) is 0 Å². The van der Waals surface area contributed by atoms with Crippen molar-refractivity contribution in [1.82, 2.24) is 15.1 Å². The van der Waals surface area contributed by atoms with Gasteiger partial charge in [0.2, 0.25) is 0 Å². The Balaban J connectivity index is 2.29. The van der Waals surface area contributed by atoms with Crippen LogP contribution in [0, 0.1) is 6.92 Å². The fraction of sp³-hybridized carbons (Fsp3) is 0.357. The molecule has 0 bridgehead atoms. The lowest BCUT2D eigenvalue weighted by atomic mass is 10.1. The molecule has 0 amide bonds. The Bertz CT molecular complexity index is 520. The number of nitrogens with zero attached hydrogens (tertiary/aromatic N) is 2. The maximum Gasteiger partial charge on any atom is 0.0705 e. The zero-order valence-electron chi connectivity index (χ0n) is 10.8. The van der Waals surface area contributed by atoms with Gasteiger partial charge >= 0.3 is 0 Å². The van der Waals surface area contributed by atoms with Crippen molar-refractivity contribution >= 4 is 11.6 Å². The number of rotatable bonds is 5. The predicted molar refractivity (Wildman–Crippen MR) is 75.3 cm³/mol. The molecule has 1 N–H and O–H groups in total. The van der Waals surface area contributed by atoms with Gasteiger partial charge in [0.25, 0.3) is 0 Å². The number of aromatic nitrogens is 2. The average Bonchev–Trinajstić information content (AvgIpc) is 2.78. The molecule has 0 aliphatic heterocycles. The summed E-state index contributed by atoms with van der Waals surface area (Å²) in [7, 11) is 0. The zero-order chi connectivity index (χ0) is 13.0. The number of nitrogens with one attached hydrogen (secondary N) is 1. The Morgan fingerprint density at radius 3 is 2.89 bits per heavy atom. The van der Waals surface area contributed by atoms with Crippen molar-refractivity contribution in [2.45, 2.75) is 26.8 Å². The van der Waals surface area contributed by atoms with E-state index < -0.39 is 0 Å². The highest BCUT2D eigenvalue weighted by molar-refractivity contribution is 6.30. The fourth-order valence-electron chi connectivity index (χ4n) is 1.84. The molecule has 0 fully saturated rings. The number of hydrogen-bond donors (Lipinski definition) is 1. The van der Waals surface area contributed by atoms with Crippen LogP contribution in [0.3, 0.4) is 0 Å².